The lowest BCUT2D eigenvalue weighted by Gasteiger charge is -2.17. The van der Waals surface area contributed by atoms with Crippen molar-refractivity contribution in [2.75, 3.05) is 0 Å². The van der Waals surface area contributed by atoms with Crippen LogP contribution in [0.5, 0.6) is 0 Å². The molecule has 0 aliphatic heterocycles. The summed E-state index contributed by atoms with van der Waals surface area (Å²) in [6.07, 6.45) is 5.14. The standard InChI is InChI=1S/C27H24N4O2/c1-17-5-7-22(8-6-17)20(4)31-15-21(13-28)12-24(27(31)33)26(32)23-9-10-25(18(2)11-23)30-14-19(3)29-16-30/h5-12,14-16,20H,1-4H3/t20-/m0/s1. The number of ketones is 1. The second kappa shape index (κ2) is 8.71. The summed E-state index contributed by atoms with van der Waals surface area (Å²) in [4.78, 5) is 30.9. The van der Waals surface area contributed by atoms with E-state index in [2.05, 4.69) is 11.1 Å². The number of rotatable bonds is 5. The van der Waals surface area contributed by atoms with E-state index < -0.39 is 11.3 Å². The molecule has 0 fully saturated rings. The van der Waals surface area contributed by atoms with Crippen molar-refractivity contribution in [2.45, 2.75) is 33.7 Å². The van der Waals surface area contributed by atoms with Crippen molar-refractivity contribution >= 4 is 5.78 Å². The summed E-state index contributed by atoms with van der Waals surface area (Å²) >= 11 is 0. The molecule has 0 saturated heterocycles. The monoisotopic (exact) mass is 436 g/mol. The Bertz CT molecular complexity index is 1450. The summed E-state index contributed by atoms with van der Waals surface area (Å²) in [6.45, 7) is 7.70. The van der Waals surface area contributed by atoms with Gasteiger partial charge in [-0.1, -0.05) is 29.8 Å². The van der Waals surface area contributed by atoms with Crippen molar-refractivity contribution in [1.82, 2.24) is 14.1 Å². The molecular weight excluding hydrogens is 412 g/mol. The summed E-state index contributed by atoms with van der Waals surface area (Å²) in [6, 6.07) is 16.3. The number of nitrogens with zero attached hydrogens (tertiary/aromatic N) is 4. The Kier molecular flexibility index (Phi) is 5.80. The number of imidazole rings is 1. The molecule has 6 nitrogen and oxygen atoms in total. The normalized spacial score (nSPS) is 11.7. The van der Waals surface area contributed by atoms with E-state index in [-0.39, 0.29) is 17.2 Å². The number of carbonyl (C=O) groups excluding carboxylic acids is 1. The highest BCUT2D eigenvalue weighted by Gasteiger charge is 2.20. The lowest BCUT2D eigenvalue weighted by atomic mass is 9.99. The largest absolute Gasteiger partial charge is 0.306 e. The Morgan fingerprint density at radius 1 is 1.03 bits per heavy atom. The molecule has 0 radical (unpaired) electrons. The average molecular weight is 437 g/mol. The Balaban J connectivity index is 1.76. The van der Waals surface area contributed by atoms with Crippen LogP contribution in [-0.4, -0.2) is 19.9 Å². The van der Waals surface area contributed by atoms with Crippen LogP contribution in [0.1, 0.15) is 56.8 Å². The van der Waals surface area contributed by atoms with Crippen LogP contribution in [-0.2, 0) is 0 Å². The predicted molar refractivity (Wildman–Crippen MR) is 127 cm³/mol. The number of pyridine rings is 1. The summed E-state index contributed by atoms with van der Waals surface area (Å²) in [7, 11) is 0. The molecule has 0 spiro atoms. The van der Waals surface area contributed by atoms with Gasteiger partial charge in [-0.15, -0.1) is 0 Å². The van der Waals surface area contributed by atoms with Gasteiger partial charge in [-0.25, -0.2) is 4.98 Å². The molecule has 0 aliphatic rings. The predicted octanol–water partition coefficient (Wildman–Crippen LogP) is 4.67. The molecule has 2 heterocycles. The maximum atomic E-state index is 13.4. The van der Waals surface area contributed by atoms with Crippen molar-refractivity contribution in [1.29, 1.82) is 5.26 Å². The van der Waals surface area contributed by atoms with Gasteiger partial charge < -0.3 is 9.13 Å². The van der Waals surface area contributed by atoms with Gasteiger partial charge in [-0.05, 0) is 63.1 Å². The average Bonchev–Trinajstić information content (AvgIpc) is 3.24. The van der Waals surface area contributed by atoms with E-state index in [4.69, 9.17) is 0 Å². The van der Waals surface area contributed by atoms with Gasteiger partial charge in [0.15, 0.2) is 5.78 Å². The van der Waals surface area contributed by atoms with E-state index in [1.165, 1.54) is 16.8 Å². The first kappa shape index (κ1) is 22.0. The third-order valence-corrected chi connectivity index (χ3v) is 5.84. The summed E-state index contributed by atoms with van der Waals surface area (Å²) in [5.41, 5.74) is 4.95. The summed E-state index contributed by atoms with van der Waals surface area (Å²) in [5, 5.41) is 9.54. The molecule has 0 bridgehead atoms. The first-order chi connectivity index (χ1) is 15.8. The van der Waals surface area contributed by atoms with Gasteiger partial charge in [0.25, 0.3) is 5.56 Å². The van der Waals surface area contributed by atoms with Gasteiger partial charge in [-0.3, -0.25) is 9.59 Å². The maximum absolute atomic E-state index is 13.4. The van der Waals surface area contributed by atoms with Gasteiger partial charge in [0, 0.05) is 23.6 Å². The molecule has 0 unspecified atom stereocenters. The second-order valence-electron chi connectivity index (χ2n) is 8.31. The number of hydrogen-bond acceptors (Lipinski definition) is 4. The van der Waals surface area contributed by atoms with Crippen molar-refractivity contribution in [3.05, 3.63) is 117 Å². The quantitative estimate of drug-likeness (QED) is 0.426. The minimum Gasteiger partial charge on any atom is -0.306 e. The molecule has 0 N–H and O–H groups in total. The number of benzene rings is 2. The fourth-order valence-electron chi connectivity index (χ4n) is 3.91. The smallest absolute Gasteiger partial charge is 0.262 e. The fraction of sp³-hybridized carbons (Fsp3) is 0.185. The number of aromatic nitrogens is 3. The van der Waals surface area contributed by atoms with Crippen LogP contribution in [0.3, 0.4) is 0 Å². The van der Waals surface area contributed by atoms with Crippen molar-refractivity contribution < 1.29 is 4.79 Å². The van der Waals surface area contributed by atoms with E-state index in [0.717, 1.165) is 28.1 Å². The molecule has 2 aromatic carbocycles. The molecule has 33 heavy (non-hydrogen) atoms. The first-order valence-electron chi connectivity index (χ1n) is 10.7. The number of carbonyl (C=O) groups is 1. The number of nitriles is 1. The van der Waals surface area contributed by atoms with Crippen LogP contribution >= 0.6 is 0 Å². The number of hydrogen-bond donors (Lipinski definition) is 0. The summed E-state index contributed by atoms with van der Waals surface area (Å²) < 4.78 is 3.36. The topological polar surface area (TPSA) is 80.7 Å². The molecule has 164 valence electrons. The zero-order valence-corrected chi connectivity index (χ0v) is 19.0. The lowest BCUT2D eigenvalue weighted by molar-refractivity contribution is 0.103. The van der Waals surface area contributed by atoms with Gasteiger partial charge in [-0.2, -0.15) is 5.26 Å². The minimum atomic E-state index is -0.418. The minimum absolute atomic E-state index is 0.0152. The molecular formula is C27H24N4O2. The van der Waals surface area contributed by atoms with Crippen molar-refractivity contribution in [3.8, 4) is 11.8 Å². The fourth-order valence-corrected chi connectivity index (χ4v) is 3.91. The number of aryl methyl sites for hydroxylation is 3. The molecule has 4 aromatic rings. The van der Waals surface area contributed by atoms with Gasteiger partial charge >= 0.3 is 0 Å². The first-order valence-corrected chi connectivity index (χ1v) is 10.7. The molecule has 0 aliphatic carbocycles. The Hall–Kier alpha value is -4.24. The van der Waals surface area contributed by atoms with E-state index in [0.29, 0.717) is 5.56 Å². The van der Waals surface area contributed by atoms with Crippen molar-refractivity contribution in [2.24, 2.45) is 0 Å². The third kappa shape index (κ3) is 4.26. The lowest BCUT2D eigenvalue weighted by Crippen LogP contribution is -2.29. The molecule has 1 atom stereocenters. The van der Waals surface area contributed by atoms with E-state index in [9.17, 15) is 14.9 Å². The van der Waals surface area contributed by atoms with Gasteiger partial charge in [0.2, 0.25) is 0 Å². The Morgan fingerprint density at radius 3 is 2.36 bits per heavy atom. The maximum Gasteiger partial charge on any atom is 0.262 e. The highest BCUT2D eigenvalue weighted by Crippen LogP contribution is 2.21. The van der Waals surface area contributed by atoms with Crippen LogP contribution in [0.4, 0.5) is 0 Å². The Morgan fingerprint density at radius 2 is 1.76 bits per heavy atom. The third-order valence-electron chi connectivity index (χ3n) is 5.84. The van der Waals surface area contributed by atoms with E-state index in [1.807, 2.05) is 68.8 Å². The van der Waals surface area contributed by atoms with Gasteiger partial charge in [0.1, 0.15) is 6.07 Å². The van der Waals surface area contributed by atoms with Gasteiger partial charge in [0.05, 0.1) is 29.2 Å². The molecule has 4 rings (SSSR count). The zero-order valence-electron chi connectivity index (χ0n) is 19.0. The van der Waals surface area contributed by atoms with Crippen LogP contribution in [0.25, 0.3) is 5.69 Å². The van der Waals surface area contributed by atoms with E-state index in [1.54, 1.807) is 18.5 Å². The zero-order chi connectivity index (χ0) is 23.7. The van der Waals surface area contributed by atoms with Crippen LogP contribution < -0.4 is 5.56 Å². The van der Waals surface area contributed by atoms with Crippen LogP contribution in [0, 0.1) is 32.1 Å². The molecule has 0 amide bonds. The van der Waals surface area contributed by atoms with Crippen molar-refractivity contribution in [3.63, 3.8) is 0 Å². The molecule has 6 heteroatoms. The molecule has 0 saturated carbocycles. The van der Waals surface area contributed by atoms with E-state index >= 15 is 0 Å². The van der Waals surface area contributed by atoms with Crippen LogP contribution in [0.15, 0.2) is 72.0 Å². The summed E-state index contributed by atoms with van der Waals surface area (Å²) in [5.74, 6) is -0.404. The highest BCUT2D eigenvalue weighted by atomic mass is 16.1. The highest BCUT2D eigenvalue weighted by molar-refractivity contribution is 6.09. The Labute approximate surface area is 192 Å². The van der Waals surface area contributed by atoms with Crippen LogP contribution in [0.2, 0.25) is 0 Å². The second-order valence-corrected chi connectivity index (χ2v) is 8.31. The SMILES string of the molecule is Cc1ccc([C@H](C)n2cc(C#N)cc(C(=O)c3ccc(-n4cnc(C)c4)c(C)c3)c2=O)cc1. The molecule has 2 aromatic heterocycles.